The van der Waals surface area contributed by atoms with Crippen LogP contribution in [0.15, 0.2) is 18.2 Å². The smallest absolute Gasteiger partial charge is 0.252 e. The van der Waals surface area contributed by atoms with Gasteiger partial charge in [-0.05, 0) is 39.0 Å². The van der Waals surface area contributed by atoms with Gasteiger partial charge in [0.2, 0.25) is 5.91 Å². The highest BCUT2D eigenvalue weighted by Crippen LogP contribution is 2.18. The Labute approximate surface area is 123 Å². The molecule has 0 saturated carbocycles. The second-order valence-corrected chi connectivity index (χ2v) is 5.95. The van der Waals surface area contributed by atoms with E-state index in [-0.39, 0.29) is 30.3 Å². The van der Waals surface area contributed by atoms with Gasteiger partial charge in [0.25, 0.3) is 5.91 Å². The second-order valence-electron chi connectivity index (χ2n) is 5.54. The van der Waals surface area contributed by atoms with Crippen molar-refractivity contribution >= 4 is 29.1 Å². The maximum absolute atomic E-state index is 11.9. The molecular formula is C14H20ClN3O2. The van der Waals surface area contributed by atoms with Crippen molar-refractivity contribution in [2.24, 2.45) is 0 Å². The van der Waals surface area contributed by atoms with Crippen molar-refractivity contribution in [1.82, 2.24) is 10.6 Å². The number of nitrogen functional groups attached to an aromatic ring is 1. The van der Waals surface area contributed by atoms with Gasteiger partial charge in [-0.15, -0.1) is 0 Å². The van der Waals surface area contributed by atoms with Crippen LogP contribution < -0.4 is 16.4 Å². The number of nitrogens with two attached hydrogens (primary N) is 1. The molecule has 0 aliphatic heterocycles. The highest BCUT2D eigenvalue weighted by Gasteiger charge is 2.14. The zero-order chi connectivity index (χ0) is 15.3. The fraction of sp³-hybridized carbons (Fsp3) is 0.429. The molecule has 0 unspecified atom stereocenters. The molecule has 110 valence electrons. The molecule has 0 aromatic heterocycles. The molecule has 0 heterocycles. The molecule has 20 heavy (non-hydrogen) atoms. The van der Waals surface area contributed by atoms with Crippen LogP contribution >= 0.6 is 11.6 Å². The number of anilines is 1. The second kappa shape index (κ2) is 6.61. The van der Waals surface area contributed by atoms with Gasteiger partial charge in [0.15, 0.2) is 0 Å². The van der Waals surface area contributed by atoms with Crippen molar-refractivity contribution < 1.29 is 9.59 Å². The lowest BCUT2D eigenvalue weighted by Gasteiger charge is -2.20. The predicted molar refractivity (Wildman–Crippen MR) is 80.7 cm³/mol. The lowest BCUT2D eigenvalue weighted by molar-refractivity contribution is -0.122. The summed E-state index contributed by atoms with van der Waals surface area (Å²) in [6.45, 7) is 5.94. The van der Waals surface area contributed by atoms with E-state index < -0.39 is 0 Å². The molecule has 6 heteroatoms. The summed E-state index contributed by atoms with van der Waals surface area (Å²) in [7, 11) is 0. The normalized spacial score (nSPS) is 11.0. The van der Waals surface area contributed by atoms with Crippen LogP contribution in [0.1, 0.15) is 37.6 Å². The van der Waals surface area contributed by atoms with Crippen LogP contribution in [-0.2, 0) is 4.79 Å². The van der Waals surface area contributed by atoms with Crippen molar-refractivity contribution in [2.45, 2.75) is 32.7 Å². The monoisotopic (exact) mass is 297 g/mol. The summed E-state index contributed by atoms with van der Waals surface area (Å²) in [4.78, 5) is 23.5. The first kappa shape index (κ1) is 16.3. The first-order chi connectivity index (χ1) is 9.19. The molecule has 0 aliphatic rings. The van der Waals surface area contributed by atoms with E-state index in [0.717, 1.165) is 0 Å². The van der Waals surface area contributed by atoms with Crippen LogP contribution in [0.2, 0.25) is 5.02 Å². The van der Waals surface area contributed by atoms with Crippen LogP contribution in [0.3, 0.4) is 0 Å². The molecule has 2 amide bonds. The Hall–Kier alpha value is -1.75. The molecule has 1 aromatic carbocycles. The maximum atomic E-state index is 11.9. The average molecular weight is 298 g/mol. The Morgan fingerprint density at radius 1 is 1.30 bits per heavy atom. The fourth-order valence-electron chi connectivity index (χ4n) is 1.58. The summed E-state index contributed by atoms with van der Waals surface area (Å²) in [5.74, 6) is -0.456. The lowest BCUT2D eigenvalue weighted by Crippen LogP contribution is -2.42. The SMILES string of the molecule is CC(C)(C)NC(=O)CCNC(=O)c1cc(N)ccc1Cl. The van der Waals surface area contributed by atoms with Gasteiger partial charge in [-0.1, -0.05) is 11.6 Å². The molecule has 0 aliphatic carbocycles. The number of carbonyl (C=O) groups is 2. The minimum Gasteiger partial charge on any atom is -0.399 e. The minimum absolute atomic E-state index is 0.114. The van der Waals surface area contributed by atoms with E-state index in [2.05, 4.69) is 10.6 Å². The standard InChI is InChI=1S/C14H20ClN3O2/c1-14(2,3)18-12(19)6-7-17-13(20)10-8-9(16)4-5-11(10)15/h4-5,8H,6-7,16H2,1-3H3,(H,17,20)(H,18,19). The number of nitrogens with one attached hydrogen (secondary N) is 2. The topological polar surface area (TPSA) is 84.2 Å². The Balaban J connectivity index is 2.48. The van der Waals surface area contributed by atoms with E-state index in [9.17, 15) is 9.59 Å². The molecule has 0 spiro atoms. The summed E-state index contributed by atoms with van der Waals surface area (Å²) < 4.78 is 0. The van der Waals surface area contributed by atoms with Crippen LogP contribution in [0.25, 0.3) is 0 Å². The largest absolute Gasteiger partial charge is 0.399 e. The highest BCUT2D eigenvalue weighted by atomic mass is 35.5. The van der Waals surface area contributed by atoms with Crippen molar-refractivity contribution in [3.05, 3.63) is 28.8 Å². The lowest BCUT2D eigenvalue weighted by atomic mass is 10.1. The van der Waals surface area contributed by atoms with Gasteiger partial charge in [-0.2, -0.15) is 0 Å². The maximum Gasteiger partial charge on any atom is 0.252 e. The van der Waals surface area contributed by atoms with E-state index >= 15 is 0 Å². The third-order valence-electron chi connectivity index (χ3n) is 2.39. The number of carbonyl (C=O) groups excluding carboxylic acids is 2. The van der Waals surface area contributed by atoms with Gasteiger partial charge in [0, 0.05) is 24.2 Å². The van der Waals surface area contributed by atoms with Gasteiger partial charge in [-0.25, -0.2) is 0 Å². The molecule has 4 N–H and O–H groups in total. The fourth-order valence-corrected chi connectivity index (χ4v) is 1.79. The number of benzene rings is 1. The summed E-state index contributed by atoms with van der Waals surface area (Å²) >= 11 is 5.92. The zero-order valence-electron chi connectivity index (χ0n) is 11.9. The highest BCUT2D eigenvalue weighted by molar-refractivity contribution is 6.34. The van der Waals surface area contributed by atoms with E-state index in [1.54, 1.807) is 12.1 Å². The van der Waals surface area contributed by atoms with E-state index in [1.165, 1.54) is 6.07 Å². The molecule has 0 radical (unpaired) electrons. The van der Waals surface area contributed by atoms with E-state index in [0.29, 0.717) is 16.3 Å². The van der Waals surface area contributed by atoms with Crippen molar-refractivity contribution in [2.75, 3.05) is 12.3 Å². The van der Waals surface area contributed by atoms with Gasteiger partial charge < -0.3 is 16.4 Å². The van der Waals surface area contributed by atoms with Crippen LogP contribution in [0, 0.1) is 0 Å². The van der Waals surface area contributed by atoms with Crippen molar-refractivity contribution in [3.8, 4) is 0 Å². The third kappa shape index (κ3) is 5.48. The Kier molecular flexibility index (Phi) is 5.39. The molecule has 0 atom stereocenters. The van der Waals surface area contributed by atoms with Crippen LogP contribution in [0.4, 0.5) is 5.69 Å². The Morgan fingerprint density at radius 3 is 2.55 bits per heavy atom. The summed E-state index contributed by atoms with van der Waals surface area (Å²) in [6.07, 6.45) is 0.211. The minimum atomic E-state index is -0.342. The van der Waals surface area contributed by atoms with Gasteiger partial charge in [0.05, 0.1) is 10.6 Å². The number of amides is 2. The molecule has 1 rings (SSSR count). The molecule has 5 nitrogen and oxygen atoms in total. The molecule has 0 fully saturated rings. The molecule has 0 saturated heterocycles. The Bertz CT molecular complexity index is 510. The van der Waals surface area contributed by atoms with Crippen molar-refractivity contribution in [1.29, 1.82) is 0 Å². The first-order valence-electron chi connectivity index (χ1n) is 6.33. The molecule has 0 bridgehead atoms. The summed E-state index contributed by atoms with van der Waals surface area (Å²) in [6, 6.07) is 4.70. The number of hydrogen-bond donors (Lipinski definition) is 3. The quantitative estimate of drug-likeness (QED) is 0.743. The van der Waals surface area contributed by atoms with E-state index in [1.807, 2.05) is 20.8 Å². The predicted octanol–water partition coefficient (Wildman–Crippen LogP) is 1.96. The van der Waals surface area contributed by atoms with Crippen LogP contribution in [0.5, 0.6) is 0 Å². The number of hydrogen-bond acceptors (Lipinski definition) is 3. The van der Waals surface area contributed by atoms with Crippen molar-refractivity contribution in [3.63, 3.8) is 0 Å². The number of rotatable bonds is 4. The Morgan fingerprint density at radius 2 is 1.95 bits per heavy atom. The number of halogens is 1. The van der Waals surface area contributed by atoms with E-state index in [4.69, 9.17) is 17.3 Å². The molecule has 1 aromatic rings. The average Bonchev–Trinajstić information content (AvgIpc) is 2.29. The zero-order valence-corrected chi connectivity index (χ0v) is 12.7. The van der Waals surface area contributed by atoms with Gasteiger partial charge in [-0.3, -0.25) is 9.59 Å². The third-order valence-corrected chi connectivity index (χ3v) is 2.72. The molecular weight excluding hydrogens is 278 g/mol. The van der Waals surface area contributed by atoms with Gasteiger partial charge >= 0.3 is 0 Å². The summed E-state index contributed by atoms with van der Waals surface area (Å²) in [5, 5.41) is 5.79. The van der Waals surface area contributed by atoms with Crippen LogP contribution in [-0.4, -0.2) is 23.9 Å². The van der Waals surface area contributed by atoms with Gasteiger partial charge in [0.1, 0.15) is 0 Å². The first-order valence-corrected chi connectivity index (χ1v) is 6.71. The summed E-state index contributed by atoms with van der Waals surface area (Å²) in [5.41, 5.74) is 6.10.